The number of hydrogen-bond donors (Lipinski definition) is 2. The number of thioether (sulfide) groups is 1. The summed E-state index contributed by atoms with van der Waals surface area (Å²) < 4.78 is 41.4. The van der Waals surface area contributed by atoms with Gasteiger partial charge in [0.25, 0.3) is 5.91 Å². The van der Waals surface area contributed by atoms with Crippen LogP contribution >= 0.6 is 46.6 Å². The number of hydrogen-bond acceptors (Lipinski definition) is 7. The molecule has 0 bridgehead atoms. The molecule has 2 aromatic carbocycles. The van der Waals surface area contributed by atoms with Crippen LogP contribution in [0.3, 0.4) is 0 Å². The van der Waals surface area contributed by atoms with Crippen molar-refractivity contribution in [1.29, 1.82) is 0 Å². The topological polar surface area (TPSA) is 129 Å². The highest BCUT2D eigenvalue weighted by atomic mass is 35.5. The average molecular weight is 685 g/mol. The van der Waals surface area contributed by atoms with Crippen molar-refractivity contribution in [3.05, 3.63) is 91.8 Å². The Balaban J connectivity index is 1.39. The molecule has 0 saturated carbocycles. The molecule has 4 aromatic rings. The Kier molecular flexibility index (Phi) is 9.94. The maximum absolute atomic E-state index is 13.3. The maximum Gasteiger partial charge on any atom is 0.416 e. The van der Waals surface area contributed by atoms with E-state index in [1.807, 2.05) is 0 Å². The van der Waals surface area contributed by atoms with Crippen molar-refractivity contribution in [2.45, 2.75) is 30.7 Å². The molecule has 0 radical (unpaired) electrons. The number of pyridine rings is 1. The quantitative estimate of drug-likeness (QED) is 0.113. The number of nitrogens with zero attached hydrogens (tertiary/aromatic N) is 5. The van der Waals surface area contributed by atoms with Gasteiger partial charge in [-0.3, -0.25) is 9.59 Å². The first-order chi connectivity index (χ1) is 20.6. The predicted octanol–water partition coefficient (Wildman–Crippen LogP) is 5.57. The van der Waals surface area contributed by atoms with Crippen LogP contribution in [0.25, 0.3) is 5.69 Å². The van der Waals surface area contributed by atoms with E-state index in [0.717, 1.165) is 22.5 Å². The minimum atomic E-state index is -4.69. The van der Waals surface area contributed by atoms with E-state index in [4.69, 9.17) is 34.8 Å². The third-order valence-corrected chi connectivity index (χ3v) is 7.61. The highest BCUT2D eigenvalue weighted by Gasteiger charge is 2.33. The lowest BCUT2D eigenvalue weighted by Crippen LogP contribution is -2.42. The Hall–Kier alpha value is -4.03. The second kappa shape index (κ2) is 13.3. The van der Waals surface area contributed by atoms with Crippen molar-refractivity contribution >= 4 is 64.1 Å². The Morgan fingerprint density at radius 2 is 1.77 bits per heavy atom. The van der Waals surface area contributed by atoms with E-state index in [9.17, 15) is 28.0 Å². The molecule has 0 aliphatic carbocycles. The van der Waals surface area contributed by atoms with Gasteiger partial charge in [-0.2, -0.15) is 22.6 Å². The third-order valence-electron chi connectivity index (χ3n) is 5.59. The zero-order valence-corrected chi connectivity index (χ0v) is 25.6. The monoisotopic (exact) mass is 683 g/mol. The van der Waals surface area contributed by atoms with Gasteiger partial charge in [0, 0.05) is 17.7 Å². The first-order valence-corrected chi connectivity index (χ1v) is 14.4. The second-order valence-corrected chi connectivity index (χ2v) is 11.6. The summed E-state index contributed by atoms with van der Waals surface area (Å²) >= 11 is 19.2. The molecule has 0 spiro atoms. The number of alkyl halides is 3. The molecule has 228 valence electrons. The van der Waals surface area contributed by atoms with Gasteiger partial charge in [0.15, 0.2) is 12.4 Å². The van der Waals surface area contributed by atoms with Crippen molar-refractivity contribution in [3.8, 4) is 17.5 Å². The Labute approximate surface area is 267 Å². The van der Waals surface area contributed by atoms with E-state index in [1.54, 1.807) is 19.9 Å². The highest BCUT2D eigenvalue weighted by molar-refractivity contribution is 7.99. The maximum atomic E-state index is 13.3. The molecule has 44 heavy (non-hydrogen) atoms. The summed E-state index contributed by atoms with van der Waals surface area (Å²) in [5, 5.41) is 27.1. The fourth-order valence-corrected chi connectivity index (χ4v) is 4.82. The van der Waals surface area contributed by atoms with Gasteiger partial charge in [-0.1, -0.05) is 58.4 Å². The molecule has 0 fully saturated rings. The van der Waals surface area contributed by atoms with Crippen LogP contribution in [-0.4, -0.2) is 43.3 Å². The molecule has 10 nitrogen and oxygen atoms in total. The fourth-order valence-electron chi connectivity index (χ4n) is 3.50. The van der Waals surface area contributed by atoms with Crippen LogP contribution in [0.1, 0.15) is 35.3 Å². The standard InChI is InChI=1S/C27H19Cl3F3N7O3S/c1-26(2,35-24(42)16-6-9-39(43)10-7-16)8-5-15-3-4-20(18(28)11-15)34-22(41)14-44-25-36-37-38-40(25)21-13-17(27(31,32)33)12-19(29)23(21)30/h3-4,6-7,9-13H,14H2,1-2H3,(H,34,41)(H,35,42). The molecule has 17 heteroatoms. The van der Waals surface area contributed by atoms with E-state index < -0.39 is 29.1 Å². The van der Waals surface area contributed by atoms with Crippen LogP contribution in [0.15, 0.2) is 60.0 Å². The number of nitrogens with one attached hydrogen (secondary N) is 2. The summed E-state index contributed by atoms with van der Waals surface area (Å²) in [5.41, 5.74) is -1.10. The lowest BCUT2D eigenvalue weighted by Gasteiger charge is -2.19. The Bertz CT molecular complexity index is 1790. The van der Waals surface area contributed by atoms with E-state index in [-0.39, 0.29) is 37.4 Å². The van der Waals surface area contributed by atoms with Crippen molar-refractivity contribution in [1.82, 2.24) is 25.5 Å². The molecule has 2 aromatic heterocycles. The summed E-state index contributed by atoms with van der Waals surface area (Å²) in [6.07, 6.45) is -2.27. The number of halogens is 6. The van der Waals surface area contributed by atoms with Crippen molar-refractivity contribution in [2.24, 2.45) is 0 Å². The molecule has 0 atom stereocenters. The Morgan fingerprint density at radius 1 is 1.07 bits per heavy atom. The number of carbonyl (C=O) groups is 2. The third kappa shape index (κ3) is 8.32. The summed E-state index contributed by atoms with van der Waals surface area (Å²) in [5.74, 6) is 4.73. The van der Waals surface area contributed by atoms with Crippen molar-refractivity contribution in [3.63, 3.8) is 0 Å². The normalized spacial score (nSPS) is 11.5. The minimum Gasteiger partial charge on any atom is -0.619 e. The van der Waals surface area contributed by atoms with Gasteiger partial charge in [-0.25, -0.2) is 0 Å². The van der Waals surface area contributed by atoms with E-state index >= 15 is 0 Å². The number of anilines is 1. The molecular formula is C27H19Cl3F3N7O3S. The summed E-state index contributed by atoms with van der Waals surface area (Å²) in [6, 6.07) is 8.90. The number of tetrazole rings is 1. The van der Waals surface area contributed by atoms with Crippen molar-refractivity contribution in [2.75, 3.05) is 11.1 Å². The molecular weight excluding hydrogens is 666 g/mol. The smallest absolute Gasteiger partial charge is 0.416 e. The van der Waals surface area contributed by atoms with E-state index in [2.05, 4.69) is 38.0 Å². The highest BCUT2D eigenvalue weighted by Crippen LogP contribution is 2.38. The number of rotatable bonds is 7. The zero-order chi connectivity index (χ0) is 32.2. The zero-order valence-electron chi connectivity index (χ0n) is 22.5. The summed E-state index contributed by atoms with van der Waals surface area (Å²) in [7, 11) is 0. The fraction of sp³-hybridized carbons (Fsp3) is 0.185. The van der Waals surface area contributed by atoms with Crippen molar-refractivity contribution < 1.29 is 27.5 Å². The second-order valence-electron chi connectivity index (χ2n) is 9.47. The van der Waals surface area contributed by atoms with Gasteiger partial charge in [-0.05, 0) is 54.6 Å². The van der Waals surface area contributed by atoms with Crippen LogP contribution < -0.4 is 15.4 Å². The SMILES string of the molecule is CC(C)(C#Cc1ccc(NC(=O)CSc2nnnn2-c2cc(C(F)(F)F)cc(Cl)c2Cl)c(Cl)c1)NC(=O)c1cc[n+]([O-])cc1. The molecule has 2 amide bonds. The first-order valence-electron chi connectivity index (χ1n) is 12.2. The summed E-state index contributed by atoms with van der Waals surface area (Å²) in [4.78, 5) is 25.1. The van der Waals surface area contributed by atoms with Crippen LogP contribution in [0, 0.1) is 17.0 Å². The van der Waals surface area contributed by atoms with Gasteiger partial charge in [0.05, 0.1) is 48.9 Å². The van der Waals surface area contributed by atoms with Gasteiger partial charge >= 0.3 is 6.18 Å². The number of aromatic nitrogens is 5. The predicted molar refractivity (Wildman–Crippen MR) is 159 cm³/mol. The lowest BCUT2D eigenvalue weighted by molar-refractivity contribution is -0.605. The molecule has 0 aliphatic rings. The van der Waals surface area contributed by atoms with Crippen LogP contribution in [0.5, 0.6) is 0 Å². The minimum absolute atomic E-state index is 0.00910. The van der Waals surface area contributed by atoms with Gasteiger partial charge in [0.2, 0.25) is 11.1 Å². The Morgan fingerprint density at radius 3 is 2.43 bits per heavy atom. The number of carbonyl (C=O) groups excluding carboxylic acids is 2. The number of benzene rings is 2. The molecule has 0 unspecified atom stereocenters. The van der Waals surface area contributed by atoms with Gasteiger partial charge in [-0.15, -0.1) is 5.10 Å². The first kappa shape index (κ1) is 32.9. The molecule has 4 rings (SSSR count). The van der Waals surface area contributed by atoms with E-state index in [0.29, 0.717) is 21.9 Å². The van der Waals surface area contributed by atoms with Gasteiger partial charge in [0.1, 0.15) is 0 Å². The number of amides is 2. The molecule has 0 aliphatic heterocycles. The van der Waals surface area contributed by atoms with Gasteiger partial charge < -0.3 is 15.8 Å². The molecule has 2 heterocycles. The molecule has 0 saturated heterocycles. The van der Waals surface area contributed by atoms with Crippen LogP contribution in [-0.2, 0) is 11.0 Å². The summed E-state index contributed by atoms with van der Waals surface area (Å²) in [6.45, 7) is 3.41. The van der Waals surface area contributed by atoms with Crippen LogP contribution in [0.4, 0.5) is 18.9 Å². The lowest BCUT2D eigenvalue weighted by atomic mass is 10.0. The van der Waals surface area contributed by atoms with Crippen LogP contribution in [0.2, 0.25) is 15.1 Å². The average Bonchev–Trinajstić information content (AvgIpc) is 3.41. The molecule has 2 N–H and O–H groups in total. The largest absolute Gasteiger partial charge is 0.619 e. The van der Waals surface area contributed by atoms with E-state index in [1.165, 1.54) is 36.7 Å².